The minimum absolute atomic E-state index is 0.0378. The van der Waals surface area contributed by atoms with Gasteiger partial charge >= 0.3 is 5.97 Å². The Labute approximate surface area is 211 Å². The highest BCUT2D eigenvalue weighted by molar-refractivity contribution is 14.1. The average molecular weight is 579 g/mol. The third-order valence-electron chi connectivity index (χ3n) is 6.83. The number of piperazine rings is 1. The Bertz CT molecular complexity index is 1160. The summed E-state index contributed by atoms with van der Waals surface area (Å²) in [4.78, 5) is 16.1. The number of nitrogens with zero attached hydrogens (tertiary/aromatic N) is 3. The van der Waals surface area contributed by atoms with Crippen molar-refractivity contribution >= 4 is 28.6 Å². The largest absolute Gasteiger partial charge is 0.457 e. The molecule has 4 rings (SSSR count). The van der Waals surface area contributed by atoms with Gasteiger partial charge in [0.2, 0.25) is 0 Å². The van der Waals surface area contributed by atoms with Crippen LogP contribution in [0, 0.1) is 31.0 Å². The van der Waals surface area contributed by atoms with E-state index in [1.54, 1.807) is 25.1 Å². The number of ether oxygens (including phenoxy) is 1. The van der Waals surface area contributed by atoms with Gasteiger partial charge in [0.05, 0.1) is 17.2 Å². The summed E-state index contributed by atoms with van der Waals surface area (Å²) in [5.74, 6) is -0.897. The number of hydrogen-bond acceptors (Lipinski definition) is 7. The molecule has 7 nitrogen and oxygen atoms in total. The molecule has 180 valence electrons. The van der Waals surface area contributed by atoms with Crippen molar-refractivity contribution in [2.75, 3.05) is 39.3 Å². The van der Waals surface area contributed by atoms with Gasteiger partial charge in [-0.1, -0.05) is 12.1 Å². The summed E-state index contributed by atoms with van der Waals surface area (Å²) in [5.41, 5.74) is 4.09. The second-order valence-corrected chi connectivity index (χ2v) is 10.7. The predicted octanol–water partition coefficient (Wildman–Crippen LogP) is 2.92. The Morgan fingerprint density at radius 3 is 2.53 bits per heavy atom. The van der Waals surface area contributed by atoms with Crippen LogP contribution in [0.15, 0.2) is 24.3 Å². The number of alkyl halides is 1. The van der Waals surface area contributed by atoms with Crippen LogP contribution in [0.3, 0.4) is 0 Å². The number of carbonyl (C=O) groups is 1. The maximum Gasteiger partial charge on any atom is 0.338 e. The minimum Gasteiger partial charge on any atom is -0.457 e. The van der Waals surface area contributed by atoms with E-state index in [0.29, 0.717) is 42.9 Å². The van der Waals surface area contributed by atoms with Gasteiger partial charge in [-0.15, -0.1) is 0 Å². The van der Waals surface area contributed by atoms with Gasteiger partial charge in [-0.3, -0.25) is 9.80 Å². The zero-order chi connectivity index (χ0) is 24.6. The Morgan fingerprint density at radius 1 is 1.18 bits per heavy atom. The maximum absolute atomic E-state index is 13.9. The maximum atomic E-state index is 13.9. The molecular weight excluding hydrogens is 552 g/mol. The number of fused-ring (bicyclic) bond motifs is 1. The van der Waals surface area contributed by atoms with E-state index in [1.807, 2.05) is 35.6 Å². The van der Waals surface area contributed by atoms with E-state index >= 15 is 0 Å². The topological polar surface area (TPSA) is 97.0 Å². The van der Waals surface area contributed by atoms with Crippen LogP contribution >= 0.6 is 22.6 Å². The molecule has 0 radical (unpaired) electrons. The number of carbonyl (C=O) groups excluding carboxylic acids is 1. The van der Waals surface area contributed by atoms with Gasteiger partial charge in [-0.2, -0.15) is 5.26 Å². The van der Waals surface area contributed by atoms with E-state index in [-0.39, 0.29) is 18.1 Å². The molecule has 2 aromatic carbocycles. The number of hydrogen-bond donors (Lipinski definition) is 2. The molecule has 0 amide bonds. The quantitative estimate of drug-likeness (QED) is 0.309. The molecule has 0 bridgehead atoms. The van der Waals surface area contributed by atoms with Crippen molar-refractivity contribution in [1.29, 1.82) is 5.26 Å². The summed E-state index contributed by atoms with van der Waals surface area (Å²) in [5, 5.41) is 31.3. The second kappa shape index (κ2) is 9.87. The molecule has 2 heterocycles. The van der Waals surface area contributed by atoms with Crippen LogP contribution in [0.1, 0.15) is 49.8 Å². The first-order chi connectivity index (χ1) is 16.1. The van der Waals surface area contributed by atoms with E-state index in [2.05, 4.69) is 9.80 Å². The molecule has 2 aliphatic heterocycles. The standard InChI is InChI=1S/C25H27FIN3O4/c1-15-17(3-4-18-20(15)13-34-24(18)32)23(31)12-29-7-9-30(10-8-29)14-25(27,33)21-5-6-22(26)19(11-28)16(21)2/h3-6,23,31,33H,7-10,12-14H2,1-2H3. The summed E-state index contributed by atoms with van der Waals surface area (Å²) in [7, 11) is 0. The summed E-state index contributed by atoms with van der Waals surface area (Å²) in [6, 6.07) is 8.18. The van der Waals surface area contributed by atoms with Crippen LogP contribution in [-0.2, 0) is 15.0 Å². The molecule has 2 N–H and O–H groups in total. The van der Waals surface area contributed by atoms with Gasteiger partial charge in [-0.25, -0.2) is 9.18 Å². The van der Waals surface area contributed by atoms with E-state index in [4.69, 9.17) is 4.74 Å². The zero-order valence-electron chi connectivity index (χ0n) is 19.1. The van der Waals surface area contributed by atoms with E-state index in [9.17, 15) is 24.7 Å². The number of aliphatic hydroxyl groups excluding tert-OH is 1. The minimum atomic E-state index is -1.26. The number of esters is 1. The predicted molar refractivity (Wildman–Crippen MR) is 132 cm³/mol. The fourth-order valence-electron chi connectivity index (χ4n) is 4.81. The van der Waals surface area contributed by atoms with Crippen molar-refractivity contribution in [2.24, 2.45) is 0 Å². The van der Waals surface area contributed by atoms with Gasteiger partial charge in [0, 0.05) is 44.8 Å². The first-order valence-corrected chi connectivity index (χ1v) is 12.2. The number of nitriles is 1. The molecule has 0 saturated carbocycles. The fourth-order valence-corrected chi connectivity index (χ4v) is 5.88. The molecular formula is C25H27FIN3O4. The molecule has 2 unspecified atom stereocenters. The highest BCUT2D eigenvalue weighted by Gasteiger charge is 2.33. The molecule has 1 fully saturated rings. The first-order valence-electron chi connectivity index (χ1n) is 11.2. The molecule has 2 aromatic rings. The highest BCUT2D eigenvalue weighted by atomic mass is 127. The Kier molecular flexibility index (Phi) is 7.26. The third kappa shape index (κ3) is 4.83. The Balaban J connectivity index is 1.36. The lowest BCUT2D eigenvalue weighted by atomic mass is 9.95. The van der Waals surface area contributed by atoms with Gasteiger partial charge in [-0.05, 0) is 70.8 Å². The molecule has 0 aromatic heterocycles. The number of halogens is 2. The smallest absolute Gasteiger partial charge is 0.338 e. The third-order valence-corrected chi connectivity index (χ3v) is 7.76. The lowest BCUT2D eigenvalue weighted by molar-refractivity contribution is 0.0419. The molecule has 0 aliphatic carbocycles. The van der Waals surface area contributed by atoms with Crippen LogP contribution < -0.4 is 0 Å². The zero-order valence-corrected chi connectivity index (χ0v) is 21.3. The first kappa shape index (κ1) is 25.0. The summed E-state index contributed by atoms with van der Waals surface area (Å²) in [6.07, 6.45) is -0.680. The number of aliphatic hydroxyl groups is 2. The van der Waals surface area contributed by atoms with Crippen LogP contribution in [0.5, 0.6) is 0 Å². The van der Waals surface area contributed by atoms with Crippen LogP contribution in [-0.4, -0.2) is 65.3 Å². The molecule has 34 heavy (non-hydrogen) atoms. The van der Waals surface area contributed by atoms with Crippen LogP contribution in [0.4, 0.5) is 4.39 Å². The second-order valence-electron chi connectivity index (χ2n) is 8.94. The fraction of sp³-hybridized carbons (Fsp3) is 0.440. The average Bonchev–Trinajstić information content (AvgIpc) is 3.17. The lowest BCUT2D eigenvalue weighted by Gasteiger charge is -2.38. The summed E-state index contributed by atoms with van der Waals surface area (Å²) < 4.78 is 17.7. The van der Waals surface area contributed by atoms with Crippen molar-refractivity contribution in [3.05, 3.63) is 69.0 Å². The summed E-state index contributed by atoms with van der Waals surface area (Å²) in [6.45, 7) is 7.49. The Hall–Kier alpha value is -2.10. The highest BCUT2D eigenvalue weighted by Crippen LogP contribution is 2.35. The molecule has 2 aliphatic rings. The van der Waals surface area contributed by atoms with Gasteiger partial charge in [0.25, 0.3) is 0 Å². The number of cyclic esters (lactones) is 1. The van der Waals surface area contributed by atoms with Crippen LogP contribution in [0.2, 0.25) is 0 Å². The van der Waals surface area contributed by atoms with Crippen LogP contribution in [0.25, 0.3) is 0 Å². The molecule has 9 heteroatoms. The molecule has 0 spiro atoms. The monoisotopic (exact) mass is 579 g/mol. The van der Waals surface area contributed by atoms with Gasteiger partial charge < -0.3 is 14.9 Å². The van der Waals surface area contributed by atoms with Gasteiger partial charge in [0.1, 0.15) is 18.5 Å². The van der Waals surface area contributed by atoms with Gasteiger partial charge in [0.15, 0.2) is 3.61 Å². The van der Waals surface area contributed by atoms with Crippen molar-refractivity contribution in [1.82, 2.24) is 9.80 Å². The molecule has 1 saturated heterocycles. The number of benzene rings is 2. The molecule has 2 atom stereocenters. The SMILES string of the molecule is Cc1c(C(O)(I)CN2CCN(CC(O)c3ccc4c(c3C)COC4=O)CC2)ccc(F)c1C#N. The van der Waals surface area contributed by atoms with E-state index in [1.165, 1.54) is 6.07 Å². The summed E-state index contributed by atoms with van der Waals surface area (Å²) >= 11 is 1.96. The number of β-amino-alcohol motifs (C(OH)–C–C–N with tert-alkyl or cyclic N) is 2. The normalized spacial score (nSPS) is 19.3. The van der Waals surface area contributed by atoms with Crippen molar-refractivity contribution in [2.45, 2.75) is 30.2 Å². The van der Waals surface area contributed by atoms with Crippen molar-refractivity contribution in [3.8, 4) is 6.07 Å². The van der Waals surface area contributed by atoms with Crippen molar-refractivity contribution in [3.63, 3.8) is 0 Å². The lowest BCUT2D eigenvalue weighted by Crippen LogP contribution is -2.50. The van der Waals surface area contributed by atoms with E-state index in [0.717, 1.165) is 29.8 Å². The Morgan fingerprint density at radius 2 is 1.85 bits per heavy atom. The van der Waals surface area contributed by atoms with Crippen molar-refractivity contribution < 1.29 is 24.1 Å². The number of rotatable bonds is 6. The van der Waals surface area contributed by atoms with E-state index < -0.39 is 15.5 Å².